The Bertz CT molecular complexity index is 1290. The standard InChI is InChI=1S/C22H20N2O3S2/c1-27-14-8-11-19-18(13-14)17-10-9-16(22(17)23-19)15-5-2-3-6-20(15)24-29(25,26)21-7-4-12-28-21/h2-8,11-13,16,23-24H,9-10H2,1H3. The molecule has 0 saturated carbocycles. The van der Waals surface area contributed by atoms with E-state index >= 15 is 0 Å². The molecule has 1 unspecified atom stereocenters. The number of aryl methyl sites for hydroxylation is 1. The van der Waals surface area contributed by atoms with Gasteiger partial charge in [-0.25, -0.2) is 8.42 Å². The summed E-state index contributed by atoms with van der Waals surface area (Å²) in [5.74, 6) is 0.956. The number of aromatic amines is 1. The van der Waals surface area contributed by atoms with Crippen molar-refractivity contribution in [2.45, 2.75) is 23.0 Å². The molecule has 2 aromatic carbocycles. The summed E-state index contributed by atoms with van der Waals surface area (Å²) in [5.41, 5.74) is 5.16. The van der Waals surface area contributed by atoms with Crippen molar-refractivity contribution in [2.24, 2.45) is 0 Å². The molecule has 148 valence electrons. The van der Waals surface area contributed by atoms with Gasteiger partial charge >= 0.3 is 0 Å². The number of aromatic nitrogens is 1. The summed E-state index contributed by atoms with van der Waals surface area (Å²) in [6.45, 7) is 0. The molecule has 0 radical (unpaired) electrons. The maximum Gasteiger partial charge on any atom is 0.271 e. The van der Waals surface area contributed by atoms with E-state index in [2.05, 4.69) is 15.8 Å². The third-order valence-corrected chi connectivity index (χ3v) is 8.28. The van der Waals surface area contributed by atoms with Gasteiger partial charge in [0, 0.05) is 22.5 Å². The topological polar surface area (TPSA) is 71.2 Å². The van der Waals surface area contributed by atoms with Crippen LogP contribution in [0, 0.1) is 0 Å². The van der Waals surface area contributed by atoms with Crippen molar-refractivity contribution in [3.05, 3.63) is 76.8 Å². The summed E-state index contributed by atoms with van der Waals surface area (Å²) in [6, 6.07) is 17.1. The molecular formula is C22H20N2O3S2. The minimum absolute atomic E-state index is 0.116. The number of hydrogen-bond acceptors (Lipinski definition) is 4. The quantitative estimate of drug-likeness (QED) is 0.467. The van der Waals surface area contributed by atoms with Gasteiger partial charge in [-0.3, -0.25) is 4.72 Å². The summed E-state index contributed by atoms with van der Waals surface area (Å²) in [4.78, 5) is 3.56. The molecular weight excluding hydrogens is 404 g/mol. The van der Waals surface area contributed by atoms with Gasteiger partial charge in [0.05, 0.1) is 12.8 Å². The number of methoxy groups -OCH3 is 1. The number of para-hydroxylation sites is 1. The average molecular weight is 425 g/mol. The van der Waals surface area contributed by atoms with Crippen molar-refractivity contribution in [3.63, 3.8) is 0 Å². The second-order valence-corrected chi connectivity index (χ2v) is 10.0. The molecule has 0 bridgehead atoms. The molecule has 1 aliphatic rings. The number of sulfonamides is 1. The molecule has 1 aliphatic carbocycles. The normalized spacial score (nSPS) is 16.1. The van der Waals surface area contributed by atoms with E-state index in [9.17, 15) is 8.42 Å². The van der Waals surface area contributed by atoms with E-state index in [0.717, 1.165) is 35.4 Å². The minimum atomic E-state index is -3.59. The molecule has 0 saturated heterocycles. The van der Waals surface area contributed by atoms with Crippen LogP contribution in [0.25, 0.3) is 10.9 Å². The van der Waals surface area contributed by atoms with Crippen LogP contribution >= 0.6 is 11.3 Å². The van der Waals surface area contributed by atoms with Crippen LogP contribution in [0.5, 0.6) is 5.75 Å². The maximum atomic E-state index is 12.8. The first-order chi connectivity index (χ1) is 14.1. The number of H-pyrrole nitrogens is 1. The number of hydrogen-bond donors (Lipinski definition) is 2. The predicted molar refractivity (Wildman–Crippen MR) is 117 cm³/mol. The van der Waals surface area contributed by atoms with Gasteiger partial charge in [-0.05, 0) is 59.7 Å². The van der Waals surface area contributed by atoms with Crippen LogP contribution in [0.1, 0.15) is 29.2 Å². The number of benzene rings is 2. The number of fused-ring (bicyclic) bond motifs is 3. The summed E-state index contributed by atoms with van der Waals surface area (Å²) < 4.78 is 34.0. The Morgan fingerprint density at radius 2 is 2.00 bits per heavy atom. The van der Waals surface area contributed by atoms with Gasteiger partial charge in [0.1, 0.15) is 9.96 Å². The molecule has 0 aliphatic heterocycles. The molecule has 5 rings (SSSR count). The van der Waals surface area contributed by atoms with Gasteiger partial charge < -0.3 is 9.72 Å². The zero-order valence-corrected chi connectivity index (χ0v) is 17.4. The van der Waals surface area contributed by atoms with Crippen molar-refractivity contribution >= 4 is 38.0 Å². The first-order valence-electron chi connectivity index (χ1n) is 9.40. The van der Waals surface area contributed by atoms with Gasteiger partial charge in [0.25, 0.3) is 10.0 Å². The molecule has 2 N–H and O–H groups in total. The molecule has 0 spiro atoms. The Hall–Kier alpha value is -2.77. The maximum absolute atomic E-state index is 12.8. The van der Waals surface area contributed by atoms with E-state index in [1.54, 1.807) is 24.6 Å². The second-order valence-electron chi connectivity index (χ2n) is 7.14. The van der Waals surface area contributed by atoms with Crippen LogP contribution in [0.3, 0.4) is 0 Å². The molecule has 4 aromatic rings. The summed E-state index contributed by atoms with van der Waals surface area (Å²) in [5, 5.41) is 2.95. The molecule has 7 heteroatoms. The Kier molecular flexibility index (Phi) is 4.37. The monoisotopic (exact) mass is 424 g/mol. The molecule has 2 aromatic heterocycles. The molecule has 2 heterocycles. The summed E-state index contributed by atoms with van der Waals surface area (Å²) >= 11 is 1.21. The zero-order chi connectivity index (χ0) is 20.0. The highest BCUT2D eigenvalue weighted by Crippen LogP contribution is 2.44. The number of rotatable bonds is 5. The third-order valence-electron chi connectivity index (χ3n) is 5.52. The zero-order valence-electron chi connectivity index (χ0n) is 15.8. The van der Waals surface area contributed by atoms with Gasteiger partial charge in [0.15, 0.2) is 0 Å². The lowest BCUT2D eigenvalue weighted by molar-refractivity contribution is 0.415. The van der Waals surface area contributed by atoms with Gasteiger partial charge in [-0.1, -0.05) is 24.3 Å². The Morgan fingerprint density at radius 1 is 1.14 bits per heavy atom. The number of ether oxygens (including phenoxy) is 1. The van der Waals surface area contributed by atoms with Crippen molar-refractivity contribution < 1.29 is 13.2 Å². The third kappa shape index (κ3) is 3.10. The van der Waals surface area contributed by atoms with Crippen LogP contribution < -0.4 is 9.46 Å². The van der Waals surface area contributed by atoms with E-state index in [4.69, 9.17) is 4.74 Å². The Labute approximate surface area is 173 Å². The fraction of sp³-hybridized carbons (Fsp3) is 0.182. The van der Waals surface area contributed by atoms with Crippen LogP contribution in [-0.2, 0) is 16.4 Å². The van der Waals surface area contributed by atoms with Gasteiger partial charge in [0.2, 0.25) is 0 Å². The first kappa shape index (κ1) is 18.3. The van der Waals surface area contributed by atoms with E-state index in [-0.39, 0.29) is 5.92 Å². The lowest BCUT2D eigenvalue weighted by Crippen LogP contribution is -2.14. The van der Waals surface area contributed by atoms with Gasteiger partial charge in [-0.2, -0.15) is 0 Å². The molecule has 29 heavy (non-hydrogen) atoms. The van der Waals surface area contributed by atoms with Crippen LogP contribution in [-0.4, -0.2) is 20.5 Å². The lowest BCUT2D eigenvalue weighted by atomic mass is 9.95. The number of anilines is 1. The van der Waals surface area contributed by atoms with Crippen LogP contribution in [0.4, 0.5) is 5.69 Å². The smallest absolute Gasteiger partial charge is 0.271 e. The largest absolute Gasteiger partial charge is 0.497 e. The van der Waals surface area contributed by atoms with Crippen LogP contribution in [0.2, 0.25) is 0 Å². The molecule has 0 amide bonds. The van der Waals surface area contributed by atoms with Crippen molar-refractivity contribution in [2.75, 3.05) is 11.8 Å². The highest BCUT2D eigenvalue weighted by molar-refractivity contribution is 7.94. The molecule has 5 nitrogen and oxygen atoms in total. The minimum Gasteiger partial charge on any atom is -0.497 e. The van der Waals surface area contributed by atoms with E-state index in [1.165, 1.54) is 22.3 Å². The van der Waals surface area contributed by atoms with E-state index in [1.807, 2.05) is 36.4 Å². The van der Waals surface area contributed by atoms with E-state index < -0.39 is 10.0 Å². The summed E-state index contributed by atoms with van der Waals surface area (Å²) in [6.07, 6.45) is 1.88. The predicted octanol–water partition coefficient (Wildman–Crippen LogP) is 5.12. The van der Waals surface area contributed by atoms with Crippen LogP contribution in [0.15, 0.2) is 64.2 Å². The Balaban J connectivity index is 1.56. The highest BCUT2D eigenvalue weighted by Gasteiger charge is 2.30. The van der Waals surface area contributed by atoms with Crippen molar-refractivity contribution in [1.29, 1.82) is 0 Å². The van der Waals surface area contributed by atoms with Gasteiger partial charge in [-0.15, -0.1) is 11.3 Å². The second kappa shape index (κ2) is 6.93. The van der Waals surface area contributed by atoms with Crippen molar-refractivity contribution in [3.8, 4) is 5.75 Å². The molecule has 0 fully saturated rings. The summed E-state index contributed by atoms with van der Waals surface area (Å²) in [7, 11) is -1.92. The number of nitrogens with one attached hydrogen (secondary N) is 2. The fourth-order valence-corrected chi connectivity index (χ4v) is 6.27. The SMILES string of the molecule is COc1ccc2[nH]c3c(c2c1)CCC3c1ccccc1NS(=O)(=O)c1cccs1. The fourth-order valence-electron chi connectivity index (χ4n) is 4.19. The van der Waals surface area contributed by atoms with Crippen molar-refractivity contribution in [1.82, 2.24) is 4.98 Å². The Morgan fingerprint density at radius 3 is 2.79 bits per heavy atom. The first-order valence-corrected chi connectivity index (χ1v) is 11.8. The highest BCUT2D eigenvalue weighted by atomic mass is 32.2. The van der Waals surface area contributed by atoms with E-state index in [0.29, 0.717) is 9.90 Å². The lowest BCUT2D eigenvalue weighted by Gasteiger charge is -2.17. The molecule has 1 atom stereocenters. The number of thiophene rings is 1. The average Bonchev–Trinajstić information content (AvgIpc) is 3.45.